The Hall–Kier alpha value is -1.66. The first-order valence-corrected chi connectivity index (χ1v) is 5.36. The second kappa shape index (κ2) is 4.68. The largest absolute Gasteiger partial charge is 0.287 e. The Morgan fingerprint density at radius 2 is 2.29 bits per heavy atom. The number of hydroxylamine groups is 2. The van der Waals surface area contributed by atoms with Crippen molar-refractivity contribution in [1.82, 2.24) is 5.06 Å². The van der Waals surface area contributed by atoms with Crippen molar-refractivity contribution in [2.45, 2.75) is 6.42 Å². The van der Waals surface area contributed by atoms with Crippen LogP contribution in [0.3, 0.4) is 0 Å². The molecule has 1 heterocycles. The molecule has 1 saturated heterocycles. The highest BCUT2D eigenvalue weighted by molar-refractivity contribution is 6.33. The molecule has 1 aliphatic rings. The van der Waals surface area contributed by atoms with Crippen LogP contribution in [0.1, 0.15) is 16.8 Å². The molecule has 0 spiro atoms. The monoisotopic (exact) mass is 256 g/mol. The SMILES string of the molecule is O=C(c1ccc([N+](=O)[O-])c(Cl)c1)N1CCCO1. The van der Waals surface area contributed by atoms with Gasteiger partial charge in [0.25, 0.3) is 11.6 Å². The van der Waals surface area contributed by atoms with Crippen molar-refractivity contribution in [2.75, 3.05) is 13.2 Å². The summed E-state index contributed by atoms with van der Waals surface area (Å²) in [7, 11) is 0. The molecule has 0 aromatic heterocycles. The van der Waals surface area contributed by atoms with Gasteiger partial charge < -0.3 is 0 Å². The summed E-state index contributed by atoms with van der Waals surface area (Å²) >= 11 is 5.72. The van der Waals surface area contributed by atoms with E-state index in [1.165, 1.54) is 23.3 Å². The van der Waals surface area contributed by atoms with E-state index in [0.717, 1.165) is 6.42 Å². The predicted molar refractivity (Wildman–Crippen MR) is 59.7 cm³/mol. The number of rotatable bonds is 2. The summed E-state index contributed by atoms with van der Waals surface area (Å²) in [5.74, 6) is -0.334. The average molecular weight is 257 g/mol. The zero-order chi connectivity index (χ0) is 12.4. The molecule has 0 bridgehead atoms. The van der Waals surface area contributed by atoms with Gasteiger partial charge in [-0.1, -0.05) is 11.6 Å². The molecule has 17 heavy (non-hydrogen) atoms. The van der Waals surface area contributed by atoms with E-state index in [9.17, 15) is 14.9 Å². The van der Waals surface area contributed by atoms with Gasteiger partial charge in [0, 0.05) is 11.6 Å². The van der Waals surface area contributed by atoms with Crippen LogP contribution in [0.25, 0.3) is 0 Å². The van der Waals surface area contributed by atoms with Crippen LogP contribution >= 0.6 is 11.6 Å². The maximum absolute atomic E-state index is 11.9. The van der Waals surface area contributed by atoms with E-state index in [1.54, 1.807) is 0 Å². The zero-order valence-electron chi connectivity index (χ0n) is 8.76. The highest BCUT2D eigenvalue weighted by Gasteiger charge is 2.22. The van der Waals surface area contributed by atoms with Crippen molar-refractivity contribution in [2.24, 2.45) is 0 Å². The summed E-state index contributed by atoms with van der Waals surface area (Å²) in [6.07, 6.45) is 0.784. The molecule has 90 valence electrons. The van der Waals surface area contributed by atoms with Crippen molar-refractivity contribution in [3.05, 3.63) is 38.9 Å². The number of amides is 1. The lowest BCUT2D eigenvalue weighted by atomic mass is 10.2. The Balaban J connectivity index is 2.25. The highest BCUT2D eigenvalue weighted by atomic mass is 35.5. The maximum Gasteiger partial charge on any atom is 0.287 e. The van der Waals surface area contributed by atoms with Crippen molar-refractivity contribution in [1.29, 1.82) is 0 Å². The lowest BCUT2D eigenvalue weighted by Gasteiger charge is -2.13. The Morgan fingerprint density at radius 1 is 1.53 bits per heavy atom. The van der Waals surface area contributed by atoms with Crippen LogP contribution in [-0.2, 0) is 4.84 Å². The molecule has 1 fully saturated rings. The molecule has 7 heteroatoms. The smallest absolute Gasteiger partial charge is 0.271 e. The molecule has 2 rings (SSSR count). The third kappa shape index (κ3) is 2.37. The number of nitro groups is 1. The van der Waals surface area contributed by atoms with Gasteiger partial charge in [-0.15, -0.1) is 0 Å². The van der Waals surface area contributed by atoms with Crippen molar-refractivity contribution < 1.29 is 14.6 Å². The van der Waals surface area contributed by atoms with Crippen LogP contribution in [0.5, 0.6) is 0 Å². The molecule has 0 atom stereocenters. The summed E-state index contributed by atoms with van der Waals surface area (Å²) in [5, 5.41) is 11.7. The Labute approximate surface area is 102 Å². The van der Waals surface area contributed by atoms with E-state index in [4.69, 9.17) is 16.4 Å². The van der Waals surface area contributed by atoms with Crippen molar-refractivity contribution >= 4 is 23.2 Å². The zero-order valence-corrected chi connectivity index (χ0v) is 9.51. The van der Waals surface area contributed by atoms with Gasteiger partial charge in [0.1, 0.15) is 5.02 Å². The number of nitro benzene ring substituents is 1. The second-order valence-corrected chi connectivity index (χ2v) is 3.92. The molecule has 6 nitrogen and oxygen atoms in total. The van der Waals surface area contributed by atoms with Crippen LogP contribution in [-0.4, -0.2) is 29.0 Å². The Bertz CT molecular complexity index is 471. The minimum absolute atomic E-state index is 0.0555. The molecule has 0 aliphatic carbocycles. The molecular weight excluding hydrogens is 248 g/mol. The van der Waals surface area contributed by atoms with Crippen LogP contribution in [0.2, 0.25) is 5.02 Å². The van der Waals surface area contributed by atoms with Gasteiger partial charge in [0.2, 0.25) is 0 Å². The third-order valence-corrected chi connectivity index (χ3v) is 2.67. The number of carbonyl (C=O) groups is 1. The van der Waals surface area contributed by atoms with Crippen LogP contribution in [0.15, 0.2) is 18.2 Å². The normalized spacial score (nSPS) is 15.0. The number of benzene rings is 1. The second-order valence-electron chi connectivity index (χ2n) is 3.52. The highest BCUT2D eigenvalue weighted by Crippen LogP contribution is 2.25. The molecule has 0 saturated carbocycles. The van der Waals surface area contributed by atoms with Crippen molar-refractivity contribution in [3.63, 3.8) is 0 Å². The maximum atomic E-state index is 11.9. The Morgan fingerprint density at radius 3 is 2.82 bits per heavy atom. The average Bonchev–Trinajstić information content (AvgIpc) is 2.80. The fraction of sp³-hybridized carbons (Fsp3) is 0.300. The van der Waals surface area contributed by atoms with E-state index >= 15 is 0 Å². The van der Waals surface area contributed by atoms with Gasteiger partial charge in [-0.05, 0) is 18.6 Å². The number of hydrogen-bond donors (Lipinski definition) is 0. The molecule has 0 N–H and O–H groups in total. The first-order chi connectivity index (χ1) is 8.09. The number of hydrogen-bond acceptors (Lipinski definition) is 4. The number of nitrogens with zero attached hydrogens (tertiary/aromatic N) is 2. The first-order valence-electron chi connectivity index (χ1n) is 4.98. The van der Waals surface area contributed by atoms with Crippen LogP contribution in [0, 0.1) is 10.1 Å². The first kappa shape index (κ1) is 11.8. The topological polar surface area (TPSA) is 72.7 Å². The molecule has 0 radical (unpaired) electrons. The summed E-state index contributed by atoms with van der Waals surface area (Å²) in [6.45, 7) is 1.03. The molecule has 1 aromatic carbocycles. The quantitative estimate of drug-likeness (QED) is 0.599. The van der Waals surface area contributed by atoms with E-state index in [2.05, 4.69) is 0 Å². The minimum atomic E-state index is -0.594. The molecule has 1 amide bonds. The molecule has 1 aromatic rings. The lowest BCUT2D eigenvalue weighted by molar-refractivity contribution is -0.384. The fourth-order valence-corrected chi connectivity index (χ4v) is 1.79. The van der Waals surface area contributed by atoms with Gasteiger partial charge in [0.15, 0.2) is 0 Å². The predicted octanol–water partition coefficient (Wildman–Crippen LogP) is 2.03. The number of carbonyl (C=O) groups excluding carboxylic acids is 1. The van der Waals surface area contributed by atoms with E-state index in [1.807, 2.05) is 0 Å². The van der Waals surface area contributed by atoms with Gasteiger partial charge in [-0.25, -0.2) is 5.06 Å². The molecular formula is C10H9ClN2O4. The van der Waals surface area contributed by atoms with Crippen LogP contribution < -0.4 is 0 Å². The van der Waals surface area contributed by atoms with E-state index in [-0.39, 0.29) is 22.2 Å². The summed E-state index contributed by atoms with van der Waals surface area (Å²) in [6, 6.07) is 3.86. The van der Waals surface area contributed by atoms with E-state index in [0.29, 0.717) is 13.2 Å². The summed E-state index contributed by atoms with van der Waals surface area (Å²) in [5.41, 5.74) is 0.0630. The van der Waals surface area contributed by atoms with Gasteiger partial charge in [0.05, 0.1) is 18.1 Å². The molecule has 0 unspecified atom stereocenters. The van der Waals surface area contributed by atoms with Gasteiger partial charge >= 0.3 is 0 Å². The fourth-order valence-electron chi connectivity index (χ4n) is 1.54. The molecule has 1 aliphatic heterocycles. The van der Waals surface area contributed by atoms with Crippen LogP contribution in [0.4, 0.5) is 5.69 Å². The van der Waals surface area contributed by atoms with Gasteiger partial charge in [-0.2, -0.15) is 0 Å². The van der Waals surface area contributed by atoms with Crippen molar-refractivity contribution in [3.8, 4) is 0 Å². The van der Waals surface area contributed by atoms with E-state index < -0.39 is 4.92 Å². The minimum Gasteiger partial charge on any atom is -0.271 e. The lowest BCUT2D eigenvalue weighted by Crippen LogP contribution is -2.26. The number of halogens is 1. The standard InChI is InChI=1S/C10H9ClN2O4/c11-8-6-7(2-3-9(8)13(15)16)10(14)12-4-1-5-17-12/h2-3,6H,1,4-5H2. The third-order valence-electron chi connectivity index (χ3n) is 2.37. The summed E-state index contributed by atoms with van der Waals surface area (Å²) < 4.78 is 0. The van der Waals surface area contributed by atoms with Gasteiger partial charge in [-0.3, -0.25) is 19.7 Å². The Kier molecular flexibility index (Phi) is 3.26. The summed E-state index contributed by atoms with van der Waals surface area (Å²) in [4.78, 5) is 26.9.